The van der Waals surface area contributed by atoms with Crippen LogP contribution in [-0.4, -0.2) is 40.5 Å². The van der Waals surface area contributed by atoms with Crippen LogP contribution >= 0.6 is 0 Å². The van der Waals surface area contributed by atoms with E-state index in [4.69, 9.17) is 0 Å². The van der Waals surface area contributed by atoms with E-state index >= 15 is 0 Å². The molecule has 0 spiro atoms. The number of rotatable bonds is 5. The number of nitrogens with one attached hydrogen (secondary N) is 2. The van der Waals surface area contributed by atoms with Crippen LogP contribution in [0.4, 0.5) is 5.69 Å². The predicted octanol–water partition coefficient (Wildman–Crippen LogP) is 2.65. The van der Waals surface area contributed by atoms with Crippen molar-refractivity contribution >= 4 is 16.6 Å². The van der Waals surface area contributed by atoms with Gasteiger partial charge in [0.1, 0.15) is 5.82 Å². The quantitative estimate of drug-likeness (QED) is 0.753. The summed E-state index contributed by atoms with van der Waals surface area (Å²) in [6, 6.07) is 18.3. The fraction of sp³-hybridized carbons (Fsp3) is 0.300. The Morgan fingerprint density at radius 2 is 1.92 bits per heavy atom. The number of fused-ring (bicyclic) bond motifs is 1. The van der Waals surface area contributed by atoms with Crippen LogP contribution in [0, 0.1) is 0 Å². The minimum absolute atomic E-state index is 0.0503. The van der Waals surface area contributed by atoms with E-state index < -0.39 is 0 Å². The first-order chi connectivity index (χ1) is 12.3. The smallest absolute Gasteiger partial charge is 0.258 e. The maximum atomic E-state index is 12.1. The lowest BCUT2D eigenvalue weighted by molar-refractivity contribution is 0.338. The van der Waals surface area contributed by atoms with Crippen LogP contribution in [0.15, 0.2) is 59.4 Å². The molecule has 1 unspecified atom stereocenters. The molecule has 128 valence electrons. The van der Waals surface area contributed by atoms with Crippen molar-refractivity contribution in [1.29, 1.82) is 0 Å². The monoisotopic (exact) mass is 334 g/mol. The van der Waals surface area contributed by atoms with E-state index in [1.807, 2.05) is 30.3 Å². The average Bonchev–Trinajstić information content (AvgIpc) is 3.08. The first-order valence-electron chi connectivity index (χ1n) is 8.80. The molecule has 0 aliphatic carbocycles. The molecular formula is C20H22N4O. The Balaban J connectivity index is 1.35. The van der Waals surface area contributed by atoms with Gasteiger partial charge in [0.05, 0.1) is 10.9 Å². The molecule has 1 aromatic heterocycles. The summed E-state index contributed by atoms with van der Waals surface area (Å²) in [5.41, 5.74) is 1.90. The van der Waals surface area contributed by atoms with Gasteiger partial charge in [-0.1, -0.05) is 30.3 Å². The molecule has 5 nitrogen and oxygen atoms in total. The zero-order chi connectivity index (χ0) is 17.1. The maximum Gasteiger partial charge on any atom is 0.258 e. The third kappa shape index (κ3) is 3.72. The Hall–Kier alpha value is -2.66. The van der Waals surface area contributed by atoms with Crippen molar-refractivity contribution in [1.82, 2.24) is 14.9 Å². The van der Waals surface area contributed by atoms with Crippen LogP contribution < -0.4 is 10.9 Å². The largest absolute Gasteiger partial charge is 0.381 e. The SMILES string of the molecule is O=c1[nH]c(CCN2CCC(Nc3ccccc3)C2)nc2ccccc12. The Bertz CT molecular complexity index is 906. The zero-order valence-corrected chi connectivity index (χ0v) is 14.1. The summed E-state index contributed by atoms with van der Waals surface area (Å²) in [6.45, 7) is 3.00. The van der Waals surface area contributed by atoms with Crippen LogP contribution in [0.5, 0.6) is 0 Å². The Morgan fingerprint density at radius 1 is 1.12 bits per heavy atom. The molecule has 0 saturated carbocycles. The number of aromatic amines is 1. The summed E-state index contributed by atoms with van der Waals surface area (Å²) in [7, 11) is 0. The number of benzene rings is 2. The van der Waals surface area contributed by atoms with E-state index in [0.717, 1.165) is 43.8 Å². The fourth-order valence-electron chi connectivity index (χ4n) is 3.44. The van der Waals surface area contributed by atoms with Crippen molar-refractivity contribution in [3.8, 4) is 0 Å². The molecule has 2 aromatic carbocycles. The number of H-pyrrole nitrogens is 1. The average molecular weight is 334 g/mol. The fourth-order valence-corrected chi connectivity index (χ4v) is 3.44. The van der Waals surface area contributed by atoms with E-state index in [1.54, 1.807) is 0 Å². The third-order valence-electron chi connectivity index (χ3n) is 4.74. The summed E-state index contributed by atoms with van der Waals surface area (Å²) in [5.74, 6) is 0.767. The molecule has 2 heterocycles. The summed E-state index contributed by atoms with van der Waals surface area (Å²) >= 11 is 0. The lowest BCUT2D eigenvalue weighted by Crippen LogP contribution is -2.28. The lowest BCUT2D eigenvalue weighted by Gasteiger charge is -2.17. The molecule has 0 amide bonds. The highest BCUT2D eigenvalue weighted by Gasteiger charge is 2.22. The number of hydrogen-bond acceptors (Lipinski definition) is 4. The van der Waals surface area contributed by atoms with Crippen LogP contribution in [0.2, 0.25) is 0 Å². The molecule has 3 aromatic rings. The molecule has 5 heteroatoms. The van der Waals surface area contributed by atoms with Crippen LogP contribution in [-0.2, 0) is 6.42 Å². The standard InChI is InChI=1S/C20H22N4O/c25-20-17-8-4-5-9-18(17)22-19(23-20)11-13-24-12-10-16(14-24)21-15-6-2-1-3-7-15/h1-9,16,21H,10-14H2,(H,22,23,25). The van der Waals surface area contributed by atoms with E-state index in [2.05, 4.69) is 44.5 Å². The Labute approximate surface area is 146 Å². The maximum absolute atomic E-state index is 12.1. The van der Waals surface area contributed by atoms with Crippen LogP contribution in [0.25, 0.3) is 10.9 Å². The first kappa shape index (κ1) is 15.8. The highest BCUT2D eigenvalue weighted by Crippen LogP contribution is 2.16. The van der Waals surface area contributed by atoms with E-state index in [-0.39, 0.29) is 5.56 Å². The normalized spacial score (nSPS) is 17.8. The number of likely N-dealkylation sites (tertiary alicyclic amines) is 1. The van der Waals surface area contributed by atoms with Gasteiger partial charge in [-0.3, -0.25) is 4.79 Å². The van der Waals surface area contributed by atoms with Gasteiger partial charge >= 0.3 is 0 Å². The van der Waals surface area contributed by atoms with Crippen LogP contribution in [0.1, 0.15) is 12.2 Å². The molecule has 1 aliphatic heterocycles. The van der Waals surface area contributed by atoms with Gasteiger partial charge < -0.3 is 15.2 Å². The van der Waals surface area contributed by atoms with E-state index in [9.17, 15) is 4.79 Å². The molecule has 1 atom stereocenters. The summed E-state index contributed by atoms with van der Waals surface area (Å²) < 4.78 is 0. The second-order valence-electron chi connectivity index (χ2n) is 6.58. The molecule has 0 radical (unpaired) electrons. The minimum atomic E-state index is -0.0503. The second kappa shape index (κ2) is 7.07. The molecular weight excluding hydrogens is 312 g/mol. The van der Waals surface area contributed by atoms with Gasteiger partial charge in [0, 0.05) is 37.8 Å². The Morgan fingerprint density at radius 3 is 2.80 bits per heavy atom. The number of hydrogen-bond donors (Lipinski definition) is 2. The molecule has 1 fully saturated rings. The van der Waals surface area contributed by atoms with E-state index in [1.165, 1.54) is 5.69 Å². The van der Waals surface area contributed by atoms with E-state index in [0.29, 0.717) is 11.4 Å². The molecule has 0 bridgehead atoms. The minimum Gasteiger partial charge on any atom is -0.381 e. The Kier molecular flexibility index (Phi) is 4.48. The van der Waals surface area contributed by atoms with Crippen LogP contribution in [0.3, 0.4) is 0 Å². The molecule has 1 aliphatic rings. The number of anilines is 1. The van der Waals surface area contributed by atoms with Gasteiger partial charge in [-0.15, -0.1) is 0 Å². The predicted molar refractivity (Wildman–Crippen MR) is 101 cm³/mol. The van der Waals surface area contributed by atoms with Crippen molar-refractivity contribution < 1.29 is 0 Å². The second-order valence-corrected chi connectivity index (χ2v) is 6.58. The topological polar surface area (TPSA) is 61.0 Å². The summed E-state index contributed by atoms with van der Waals surface area (Å²) in [6.07, 6.45) is 1.90. The highest BCUT2D eigenvalue weighted by molar-refractivity contribution is 5.77. The number of nitrogens with zero attached hydrogens (tertiary/aromatic N) is 2. The lowest BCUT2D eigenvalue weighted by atomic mass is 10.2. The van der Waals surface area contributed by atoms with Gasteiger partial charge in [0.15, 0.2) is 0 Å². The third-order valence-corrected chi connectivity index (χ3v) is 4.74. The van der Waals surface area contributed by atoms with Gasteiger partial charge in [0.25, 0.3) is 5.56 Å². The first-order valence-corrected chi connectivity index (χ1v) is 8.80. The van der Waals surface area contributed by atoms with Gasteiger partial charge in [-0.05, 0) is 30.7 Å². The van der Waals surface area contributed by atoms with Crippen molar-refractivity contribution in [2.24, 2.45) is 0 Å². The molecule has 2 N–H and O–H groups in total. The zero-order valence-electron chi connectivity index (χ0n) is 14.1. The number of aromatic nitrogens is 2. The van der Waals surface area contributed by atoms with Crippen molar-refractivity contribution in [3.63, 3.8) is 0 Å². The molecule has 25 heavy (non-hydrogen) atoms. The van der Waals surface area contributed by atoms with Gasteiger partial charge in [-0.25, -0.2) is 4.98 Å². The summed E-state index contributed by atoms with van der Waals surface area (Å²) in [5, 5.41) is 4.24. The molecule has 4 rings (SSSR count). The summed E-state index contributed by atoms with van der Waals surface area (Å²) in [4.78, 5) is 22.1. The molecule has 1 saturated heterocycles. The van der Waals surface area contributed by atoms with Gasteiger partial charge in [0.2, 0.25) is 0 Å². The highest BCUT2D eigenvalue weighted by atomic mass is 16.1. The van der Waals surface area contributed by atoms with Crippen molar-refractivity contribution in [2.45, 2.75) is 18.9 Å². The van der Waals surface area contributed by atoms with Crippen molar-refractivity contribution in [3.05, 3.63) is 70.8 Å². The number of para-hydroxylation sites is 2. The van der Waals surface area contributed by atoms with Crippen molar-refractivity contribution in [2.75, 3.05) is 25.0 Å². The van der Waals surface area contributed by atoms with Gasteiger partial charge in [-0.2, -0.15) is 0 Å².